The van der Waals surface area contributed by atoms with E-state index in [0.29, 0.717) is 12.8 Å². The molecule has 0 heterocycles. The molecule has 0 spiro atoms. The fourth-order valence-electron chi connectivity index (χ4n) is 2.17. The first-order valence-corrected chi connectivity index (χ1v) is 5.20. The summed E-state index contributed by atoms with van der Waals surface area (Å²) in [6.45, 7) is 0.184. The van der Waals surface area contributed by atoms with Crippen LogP contribution >= 0.6 is 0 Å². The normalized spacial score (nSPS) is 20.5. The fraction of sp³-hybridized carbons (Fsp3) is 0.900. The van der Waals surface area contributed by atoms with Crippen molar-refractivity contribution in [3.8, 4) is 0 Å². The number of Topliss-reactive ketones (excluding diaryl/α,β-unsaturated/α-hetero) is 1. The molecule has 2 nitrogen and oxygen atoms in total. The number of hydrogen-bond acceptors (Lipinski definition) is 2. The maximum absolute atomic E-state index is 11.9. The van der Waals surface area contributed by atoms with Crippen molar-refractivity contribution in [3.05, 3.63) is 0 Å². The summed E-state index contributed by atoms with van der Waals surface area (Å²) in [6, 6.07) is 0. The molecular weight excluding hydrogens is 207 g/mol. The minimum atomic E-state index is -4.25. The van der Waals surface area contributed by atoms with Crippen LogP contribution in [0.3, 0.4) is 0 Å². The molecule has 0 amide bonds. The predicted octanol–water partition coefficient (Wildman–Crippen LogP) is 2.42. The molecule has 1 fully saturated rings. The van der Waals surface area contributed by atoms with Gasteiger partial charge in [-0.15, -0.1) is 0 Å². The number of ketones is 1. The molecule has 5 heteroatoms. The van der Waals surface area contributed by atoms with Gasteiger partial charge in [-0.2, -0.15) is 13.2 Å². The Balaban J connectivity index is 2.51. The number of nitrogens with two attached hydrogens (primary N) is 1. The molecule has 15 heavy (non-hydrogen) atoms. The summed E-state index contributed by atoms with van der Waals surface area (Å²) < 4.78 is 35.8. The highest BCUT2D eigenvalue weighted by atomic mass is 19.4. The van der Waals surface area contributed by atoms with Gasteiger partial charge in [-0.3, -0.25) is 4.79 Å². The monoisotopic (exact) mass is 223 g/mol. The second-order valence-electron chi connectivity index (χ2n) is 4.23. The quantitative estimate of drug-likeness (QED) is 0.795. The van der Waals surface area contributed by atoms with Gasteiger partial charge >= 0.3 is 6.18 Å². The third kappa shape index (κ3) is 3.19. The lowest BCUT2D eigenvalue weighted by molar-refractivity contribution is -0.147. The van der Waals surface area contributed by atoms with Gasteiger partial charge in [0.2, 0.25) is 0 Å². The van der Waals surface area contributed by atoms with E-state index in [0.717, 1.165) is 12.8 Å². The van der Waals surface area contributed by atoms with Crippen LogP contribution in [0, 0.1) is 5.41 Å². The van der Waals surface area contributed by atoms with Crippen molar-refractivity contribution < 1.29 is 18.0 Å². The largest absolute Gasteiger partial charge is 0.389 e. The van der Waals surface area contributed by atoms with Crippen LogP contribution in [-0.2, 0) is 4.79 Å². The summed E-state index contributed by atoms with van der Waals surface area (Å²) in [7, 11) is 0. The number of carbonyl (C=O) groups excluding carboxylic acids is 1. The third-order valence-corrected chi connectivity index (χ3v) is 3.18. The zero-order valence-electron chi connectivity index (χ0n) is 8.57. The lowest BCUT2D eigenvalue weighted by Gasteiger charge is -2.25. The predicted molar refractivity (Wildman–Crippen MR) is 50.3 cm³/mol. The number of halogens is 3. The Hall–Kier alpha value is -0.580. The number of rotatable bonds is 4. The Labute approximate surface area is 87.0 Å². The summed E-state index contributed by atoms with van der Waals surface area (Å²) >= 11 is 0. The highest BCUT2D eigenvalue weighted by Gasteiger charge is 2.40. The van der Waals surface area contributed by atoms with Crippen molar-refractivity contribution in [2.75, 3.05) is 6.54 Å². The number of hydrogen-bond donors (Lipinski definition) is 1. The molecule has 0 aromatic carbocycles. The summed E-state index contributed by atoms with van der Waals surface area (Å²) in [5.74, 6) is -0.306. The third-order valence-electron chi connectivity index (χ3n) is 3.18. The van der Waals surface area contributed by atoms with E-state index in [1.54, 1.807) is 0 Å². The fourth-order valence-corrected chi connectivity index (χ4v) is 2.17. The van der Waals surface area contributed by atoms with E-state index in [-0.39, 0.29) is 12.3 Å². The smallest absolute Gasteiger partial charge is 0.329 e. The van der Waals surface area contributed by atoms with Crippen molar-refractivity contribution in [1.82, 2.24) is 0 Å². The van der Waals surface area contributed by atoms with Crippen LogP contribution in [0.25, 0.3) is 0 Å². The second-order valence-corrected chi connectivity index (χ2v) is 4.23. The van der Waals surface area contributed by atoms with Crippen molar-refractivity contribution in [2.24, 2.45) is 11.1 Å². The average molecular weight is 223 g/mol. The molecule has 0 unspecified atom stereocenters. The SMILES string of the molecule is NCC1(C(=O)CCC(F)(F)F)CCCC1. The molecule has 0 aromatic rings. The zero-order chi connectivity index (χ0) is 11.5. The highest BCUT2D eigenvalue weighted by Crippen LogP contribution is 2.39. The Bertz CT molecular complexity index is 231. The molecule has 0 atom stereocenters. The van der Waals surface area contributed by atoms with E-state index in [1.807, 2.05) is 0 Å². The van der Waals surface area contributed by atoms with Crippen LogP contribution in [0.2, 0.25) is 0 Å². The first-order valence-electron chi connectivity index (χ1n) is 5.20. The first-order chi connectivity index (χ1) is 6.90. The molecule has 0 radical (unpaired) electrons. The summed E-state index contributed by atoms with van der Waals surface area (Å²) in [6.07, 6.45) is -2.58. The molecule has 2 N–H and O–H groups in total. The standard InChI is InChI=1S/C10H16F3NO/c11-10(12,13)6-3-8(15)9(7-14)4-1-2-5-9/h1-7,14H2. The van der Waals surface area contributed by atoms with Crippen LogP contribution in [-0.4, -0.2) is 18.5 Å². The van der Waals surface area contributed by atoms with Gasteiger partial charge in [0.1, 0.15) is 5.78 Å². The van der Waals surface area contributed by atoms with E-state index in [1.165, 1.54) is 0 Å². The van der Waals surface area contributed by atoms with Crippen LogP contribution in [0.1, 0.15) is 38.5 Å². The topological polar surface area (TPSA) is 43.1 Å². The Kier molecular flexibility index (Phi) is 3.76. The van der Waals surface area contributed by atoms with Crippen molar-refractivity contribution in [2.45, 2.75) is 44.7 Å². The summed E-state index contributed by atoms with van der Waals surface area (Å²) in [4.78, 5) is 11.7. The molecular formula is C10H16F3NO. The van der Waals surface area contributed by atoms with E-state index in [2.05, 4.69) is 0 Å². The molecule has 0 saturated heterocycles. The van der Waals surface area contributed by atoms with Crippen LogP contribution < -0.4 is 5.73 Å². The molecule has 1 saturated carbocycles. The minimum Gasteiger partial charge on any atom is -0.329 e. The molecule has 0 bridgehead atoms. The van der Waals surface area contributed by atoms with Crippen LogP contribution in [0.15, 0.2) is 0 Å². The highest BCUT2D eigenvalue weighted by molar-refractivity contribution is 5.85. The second kappa shape index (κ2) is 4.51. The average Bonchev–Trinajstić information content (AvgIpc) is 2.62. The molecule has 1 aliphatic rings. The Morgan fingerprint density at radius 2 is 1.80 bits per heavy atom. The minimum absolute atomic E-state index is 0.184. The first kappa shape index (κ1) is 12.5. The van der Waals surface area contributed by atoms with Gasteiger partial charge in [-0.05, 0) is 12.8 Å². The van der Waals surface area contributed by atoms with E-state index < -0.39 is 24.4 Å². The van der Waals surface area contributed by atoms with Gasteiger partial charge < -0.3 is 5.73 Å². The van der Waals surface area contributed by atoms with E-state index >= 15 is 0 Å². The number of alkyl halides is 3. The lowest BCUT2D eigenvalue weighted by Crippen LogP contribution is -2.36. The molecule has 0 aliphatic heterocycles. The van der Waals surface area contributed by atoms with E-state index in [4.69, 9.17) is 5.73 Å². The van der Waals surface area contributed by atoms with Gasteiger partial charge in [0.05, 0.1) is 6.42 Å². The molecule has 88 valence electrons. The van der Waals surface area contributed by atoms with E-state index in [9.17, 15) is 18.0 Å². The van der Waals surface area contributed by atoms with Gasteiger partial charge in [-0.1, -0.05) is 12.8 Å². The molecule has 1 rings (SSSR count). The van der Waals surface area contributed by atoms with Gasteiger partial charge in [0, 0.05) is 18.4 Å². The summed E-state index contributed by atoms with van der Waals surface area (Å²) in [5, 5.41) is 0. The van der Waals surface area contributed by atoms with Gasteiger partial charge in [-0.25, -0.2) is 0 Å². The van der Waals surface area contributed by atoms with Crippen LogP contribution in [0.5, 0.6) is 0 Å². The lowest BCUT2D eigenvalue weighted by atomic mass is 9.80. The van der Waals surface area contributed by atoms with Gasteiger partial charge in [0.25, 0.3) is 0 Å². The van der Waals surface area contributed by atoms with Crippen molar-refractivity contribution >= 4 is 5.78 Å². The van der Waals surface area contributed by atoms with Crippen LogP contribution in [0.4, 0.5) is 13.2 Å². The molecule has 1 aliphatic carbocycles. The summed E-state index contributed by atoms with van der Waals surface area (Å²) in [5.41, 5.74) is 4.86. The zero-order valence-corrected chi connectivity index (χ0v) is 8.57. The van der Waals surface area contributed by atoms with Gasteiger partial charge in [0.15, 0.2) is 0 Å². The Morgan fingerprint density at radius 3 is 2.20 bits per heavy atom. The maximum atomic E-state index is 11.9. The maximum Gasteiger partial charge on any atom is 0.389 e. The number of carbonyl (C=O) groups is 1. The van der Waals surface area contributed by atoms with Crippen molar-refractivity contribution in [3.63, 3.8) is 0 Å². The van der Waals surface area contributed by atoms with Crippen molar-refractivity contribution in [1.29, 1.82) is 0 Å². The Morgan fingerprint density at radius 1 is 1.27 bits per heavy atom. The molecule has 0 aromatic heterocycles.